The molecule has 1 aliphatic heterocycles. The molecule has 0 saturated carbocycles. The quantitative estimate of drug-likeness (QED) is 0.152. The molecule has 0 N–H and O–H groups in total. The van der Waals surface area contributed by atoms with Crippen LogP contribution in [0, 0.1) is 39.7 Å². The van der Waals surface area contributed by atoms with E-state index in [-0.39, 0.29) is 33.2 Å². The minimum Gasteiger partial charge on any atom is -0.201 e. The number of hydrogen-bond donors (Lipinski definition) is 0. The molecule has 49 heavy (non-hydrogen) atoms. The molecule has 1 aromatic heterocycles. The molecule has 2 heterocycles. The number of benzene rings is 5. The fraction of sp³-hybridized carbons (Fsp3) is 0.239. The summed E-state index contributed by atoms with van der Waals surface area (Å²) in [5.41, 5.74) is 4.07. The molecule has 0 amide bonds. The maximum atomic E-state index is 9.13. The highest BCUT2D eigenvalue weighted by Crippen LogP contribution is 2.26. The second-order valence-electron chi connectivity index (χ2n) is 14.1. The van der Waals surface area contributed by atoms with Gasteiger partial charge in [0.05, 0.1) is 0 Å². The van der Waals surface area contributed by atoms with Gasteiger partial charge in [-0.25, -0.2) is 4.57 Å². The topological polar surface area (TPSA) is 3.88 Å². The third kappa shape index (κ3) is 5.99. The van der Waals surface area contributed by atoms with Gasteiger partial charge in [0.1, 0.15) is 7.05 Å². The fourth-order valence-corrected chi connectivity index (χ4v) is 7.62. The third-order valence-electron chi connectivity index (χ3n) is 9.68. The molecule has 1 nitrogen and oxygen atoms in total. The van der Waals surface area contributed by atoms with Gasteiger partial charge in [0.2, 0.25) is 19.1 Å². The van der Waals surface area contributed by atoms with Crippen LogP contribution >= 0.6 is 0 Å². The second-order valence-corrected chi connectivity index (χ2v) is 14.1. The maximum Gasteiger partial charge on any atom is 0.241 e. The Morgan fingerprint density at radius 3 is 1.86 bits per heavy atom. The predicted octanol–water partition coefficient (Wildman–Crippen LogP) is 6.32. The van der Waals surface area contributed by atoms with Crippen LogP contribution < -0.4 is 37.3 Å². The van der Waals surface area contributed by atoms with Gasteiger partial charge in [-0.2, -0.15) is 0 Å². The van der Waals surface area contributed by atoms with Crippen molar-refractivity contribution in [3.05, 3.63) is 149 Å². The Hall–Kier alpha value is -4.62. The van der Waals surface area contributed by atoms with Crippen LogP contribution in [0.25, 0.3) is 22.4 Å². The Bertz CT molecular complexity index is 2660. The summed E-state index contributed by atoms with van der Waals surface area (Å²) >= 11 is 0. The smallest absolute Gasteiger partial charge is 0.201 e. The van der Waals surface area contributed by atoms with E-state index in [2.05, 4.69) is 0 Å². The van der Waals surface area contributed by atoms with E-state index in [9.17, 15) is 0 Å². The van der Waals surface area contributed by atoms with Crippen LogP contribution in [0.5, 0.6) is 0 Å². The number of nitrogens with zero attached hydrogens (tertiary/aromatic N) is 1. The molecule has 7 rings (SSSR count). The normalized spacial score (nSPS) is 18.1. The first kappa shape index (κ1) is 20.1. The molecule has 0 saturated heterocycles. The van der Waals surface area contributed by atoms with Gasteiger partial charge in [-0.1, -0.05) is 167 Å². The van der Waals surface area contributed by atoms with Crippen molar-refractivity contribution in [2.24, 2.45) is 12.5 Å². The van der Waals surface area contributed by atoms with E-state index in [1.54, 1.807) is 72.9 Å². The second kappa shape index (κ2) is 12.7. The van der Waals surface area contributed by atoms with E-state index in [0.29, 0.717) is 55.4 Å². The van der Waals surface area contributed by atoms with Crippen molar-refractivity contribution >= 4 is 46.2 Å². The average molecular weight is 651 g/mol. The highest BCUT2D eigenvalue weighted by Gasteiger charge is 2.42. The minimum absolute atomic E-state index is 0.0682. The predicted molar refractivity (Wildman–Crippen MR) is 214 cm³/mol. The number of fused-ring (bicyclic) bond motifs is 2. The average Bonchev–Trinajstić information content (AvgIpc) is 3.18. The zero-order chi connectivity index (χ0) is 46.4. The molecular weight excluding hydrogens is 588 g/mol. The van der Waals surface area contributed by atoms with Crippen LogP contribution in [-0.4, -0.2) is 13.4 Å². The molecule has 0 atom stereocenters. The Kier molecular flexibility index (Phi) is 5.22. The molecule has 0 bridgehead atoms. The van der Waals surface area contributed by atoms with Crippen molar-refractivity contribution in [1.82, 2.24) is 0 Å². The molecule has 0 fully saturated rings. The van der Waals surface area contributed by atoms with Gasteiger partial charge in [0, 0.05) is 36.9 Å². The number of rotatable bonds is 5. The summed E-state index contributed by atoms with van der Waals surface area (Å²) < 4.78 is 126. The van der Waals surface area contributed by atoms with Gasteiger partial charge >= 0.3 is 0 Å². The van der Waals surface area contributed by atoms with Gasteiger partial charge in [0.15, 0.2) is 6.20 Å². The lowest BCUT2D eigenvalue weighted by molar-refractivity contribution is -0.660. The van der Waals surface area contributed by atoms with Gasteiger partial charge in [-0.3, -0.25) is 0 Å². The van der Waals surface area contributed by atoms with Crippen molar-refractivity contribution in [2.75, 3.05) is 0 Å². The molecule has 0 aliphatic carbocycles. The van der Waals surface area contributed by atoms with Crippen LogP contribution in [0.1, 0.15) is 73.3 Å². The number of pyridine rings is 1. The molecule has 242 valence electrons. The van der Waals surface area contributed by atoms with Crippen LogP contribution in [0.3, 0.4) is 0 Å². The Morgan fingerprint density at radius 1 is 0.612 bits per heavy atom. The summed E-state index contributed by atoms with van der Waals surface area (Å²) in [6.07, 6.45) is 0.0140. The zero-order valence-electron chi connectivity index (χ0n) is 42.6. The fourth-order valence-electron chi connectivity index (χ4n) is 7.62. The van der Waals surface area contributed by atoms with E-state index in [1.807, 2.05) is 51.4 Å². The van der Waals surface area contributed by atoms with Crippen LogP contribution in [0.2, 0.25) is 0 Å². The molecule has 0 radical (unpaired) electrons. The Balaban J connectivity index is 1.68. The lowest BCUT2D eigenvalue weighted by atomic mass is 9.20. The zero-order valence-corrected chi connectivity index (χ0v) is 28.6. The Morgan fingerprint density at radius 2 is 1.22 bits per heavy atom. The Labute approximate surface area is 314 Å². The van der Waals surface area contributed by atoms with Gasteiger partial charge in [-0.05, 0) is 74.4 Å². The lowest BCUT2D eigenvalue weighted by Gasteiger charge is -2.36. The van der Waals surface area contributed by atoms with Crippen molar-refractivity contribution < 1.29 is 23.8 Å². The summed E-state index contributed by atoms with van der Waals surface area (Å²) in [6, 6.07) is 30.6. The van der Waals surface area contributed by atoms with Crippen molar-refractivity contribution in [1.29, 1.82) is 0 Å². The van der Waals surface area contributed by atoms with Crippen molar-refractivity contribution in [3.8, 4) is 22.4 Å². The number of aromatic nitrogens is 1. The maximum absolute atomic E-state index is 9.13. The first-order valence-corrected chi connectivity index (χ1v) is 16.7. The lowest BCUT2D eigenvalue weighted by Crippen LogP contribution is -2.76. The molecular formula is C46H48B2N+. The van der Waals surface area contributed by atoms with Crippen molar-refractivity contribution in [3.63, 3.8) is 0 Å². The van der Waals surface area contributed by atoms with Crippen LogP contribution in [-0.2, 0) is 13.4 Å². The van der Waals surface area contributed by atoms with E-state index >= 15 is 0 Å². The summed E-state index contributed by atoms with van der Waals surface area (Å²) in [4.78, 5) is 0. The first-order valence-electron chi connectivity index (χ1n) is 23.7. The van der Waals surface area contributed by atoms with E-state index in [1.165, 1.54) is 30.3 Å². The molecule has 6 aromatic rings. The van der Waals surface area contributed by atoms with Crippen molar-refractivity contribution in [2.45, 2.75) is 61.5 Å². The summed E-state index contributed by atoms with van der Waals surface area (Å²) in [7, 11) is 1.83. The third-order valence-corrected chi connectivity index (χ3v) is 9.68. The highest BCUT2D eigenvalue weighted by atomic mass is 14.9. The number of hydrogen-bond acceptors (Lipinski definition) is 0. The monoisotopic (exact) mass is 650 g/mol. The highest BCUT2D eigenvalue weighted by molar-refractivity contribution is 7.11. The minimum atomic E-state index is -2.80. The van der Waals surface area contributed by atoms with Crippen LogP contribution in [0.4, 0.5) is 0 Å². The summed E-state index contributed by atoms with van der Waals surface area (Å²) in [6.45, 7) is -5.87. The van der Waals surface area contributed by atoms with E-state index < -0.39 is 52.6 Å². The van der Waals surface area contributed by atoms with Gasteiger partial charge < -0.3 is 0 Å². The van der Waals surface area contributed by atoms with E-state index in [4.69, 9.17) is 19.2 Å². The molecule has 3 heteroatoms. The van der Waals surface area contributed by atoms with Gasteiger partial charge in [0.25, 0.3) is 0 Å². The molecule has 0 spiro atoms. The van der Waals surface area contributed by atoms with E-state index in [0.717, 1.165) is 0 Å². The molecule has 1 aliphatic rings. The molecule has 5 aromatic carbocycles. The largest absolute Gasteiger partial charge is 0.241 e. The standard InChI is InChI=1S/C46H48B2N/c1-30-16-15-17-31(2)43(30)48-40-21-14-13-20-39(40)47(44-32(3)26-37(27-33(44)4)36-18-11-10-12-19-36)41-23-22-38(34(5)45(41)48)42-28-35(24-25-49(42)9)29-46(6,7)8/h10-28H,29H2,1-9H3/q+1/i1D3,2D3,3D3,4D3,29D2. The summed E-state index contributed by atoms with van der Waals surface area (Å²) in [5.74, 6) is 0. The van der Waals surface area contributed by atoms with Crippen LogP contribution in [0.15, 0.2) is 115 Å². The number of aryl methyl sites for hydroxylation is 5. The summed E-state index contributed by atoms with van der Waals surface area (Å²) in [5, 5.41) is 0. The van der Waals surface area contributed by atoms with Gasteiger partial charge in [-0.15, -0.1) is 0 Å². The molecule has 0 unspecified atom stereocenters. The first-order chi connectivity index (χ1) is 29.0. The SMILES string of the molecule is [2H]C([2H])([2H])c1cc(-c2ccccc2)cc(C([2H])([2H])[2H])c1B1c2ccccc2B(c2c(C([2H])([2H])[2H])cccc2C([2H])([2H])[2H])c2c1ccc(-c1cc(C([2H])([2H])C(C)(C)C)cc[n+]1C)c2C.